The second-order valence-corrected chi connectivity index (χ2v) is 0.699. The third-order valence-corrected chi connectivity index (χ3v) is 0.268. The van der Waals surface area contributed by atoms with E-state index >= 15 is 0 Å². The van der Waals surface area contributed by atoms with Crippen molar-refractivity contribution in [2.24, 2.45) is 0 Å². The fourth-order valence-corrected chi connectivity index (χ4v) is 0.123. The van der Waals surface area contributed by atoms with Gasteiger partial charge in [0.25, 0.3) is 0 Å². The Labute approximate surface area is 89.2 Å². The molecule has 0 amide bonds. The van der Waals surface area contributed by atoms with Crippen LogP contribution in [0.5, 0.6) is 0 Å². The Kier molecular flexibility index (Phi) is 21.4. The Morgan fingerprint density at radius 2 is 2.12 bits per heavy atom. The summed E-state index contributed by atoms with van der Waals surface area (Å²) in [5.41, 5.74) is 0. The molecule has 0 aliphatic rings. The van der Waals surface area contributed by atoms with Crippen LogP contribution in [0.4, 0.5) is 4.79 Å². The maximum Gasteiger partial charge on any atom is 1.00 e. The summed E-state index contributed by atoms with van der Waals surface area (Å²) in [6.07, 6.45) is -1.21. The zero-order valence-corrected chi connectivity index (χ0v) is 7.97. The van der Waals surface area contributed by atoms with Gasteiger partial charge in [-0.25, -0.2) is 4.79 Å². The van der Waals surface area contributed by atoms with E-state index in [1.165, 1.54) is 0 Å². The number of rotatable bonds is 1. The molecule has 8 heavy (non-hydrogen) atoms. The summed E-state index contributed by atoms with van der Waals surface area (Å²) in [6.45, 7) is 1.85. The fourth-order valence-electron chi connectivity index (χ4n) is 0.123. The summed E-state index contributed by atoms with van der Waals surface area (Å²) in [7, 11) is 0. The molecule has 0 aliphatic carbocycles. The van der Waals surface area contributed by atoms with Crippen LogP contribution in [0.25, 0.3) is 0 Å². The Hall–Kier alpha value is 0.836. The van der Waals surface area contributed by atoms with Gasteiger partial charge in [0.2, 0.25) is 0 Å². The van der Waals surface area contributed by atoms with Gasteiger partial charge >= 0.3 is 57.5 Å². The normalized spacial score (nSPS) is 5.62. The van der Waals surface area contributed by atoms with Crippen LogP contribution in [0.3, 0.4) is 0 Å². The van der Waals surface area contributed by atoms with Gasteiger partial charge in [-0.2, -0.15) is 0 Å². The minimum Gasteiger partial charge on any atom is -1.00 e. The third kappa shape index (κ3) is 15.8. The predicted octanol–water partition coefficient (Wildman–Crippen LogP) is -5.29. The van der Waals surface area contributed by atoms with E-state index in [1.54, 1.807) is 6.92 Å². The molecule has 0 spiro atoms. The summed E-state index contributed by atoms with van der Waals surface area (Å²) in [6, 6.07) is 0. The number of ether oxygens (including phenoxy) is 1. The average Bonchev–Trinajstić information content (AvgIpc) is 1.35. The van der Waals surface area contributed by atoms with E-state index in [2.05, 4.69) is 4.74 Å². The van der Waals surface area contributed by atoms with E-state index in [0.29, 0.717) is 0 Å². The van der Waals surface area contributed by atoms with Crippen molar-refractivity contribution in [1.29, 1.82) is 0 Å². The summed E-state index contributed by atoms with van der Waals surface area (Å²) < 4.78 is 3.96. The van der Waals surface area contributed by atoms with Crippen molar-refractivity contribution >= 4 is 6.16 Å². The fraction of sp³-hybridized carbons (Fsp3) is 0.667. The Balaban J connectivity index is -0.000000125. The molecule has 0 saturated heterocycles. The second-order valence-electron chi connectivity index (χ2n) is 0.699. The molecule has 0 saturated carbocycles. The maximum absolute atomic E-state index is 9.38. The number of hydrogen-bond donors (Lipinski definition) is 1. The molecule has 0 rings (SSSR count). The van der Waals surface area contributed by atoms with E-state index < -0.39 is 6.16 Å². The van der Waals surface area contributed by atoms with Gasteiger partial charge < -0.3 is 14.5 Å². The van der Waals surface area contributed by atoms with Crippen molar-refractivity contribution in [3.05, 3.63) is 0 Å². The molecule has 0 aromatic carbocycles. The minimum atomic E-state index is -1.21. The molecular formula is C3H6FKO3. The predicted molar refractivity (Wildman–Crippen MR) is 19.7 cm³/mol. The molecule has 0 aromatic heterocycles. The SMILES string of the molecule is CCOC(=O)O.[F-].[K+]. The molecule has 1 N–H and O–H groups in total. The molecule has 0 aliphatic heterocycles. The van der Waals surface area contributed by atoms with Crippen LogP contribution >= 0.6 is 0 Å². The van der Waals surface area contributed by atoms with Crippen molar-refractivity contribution < 1.29 is 70.7 Å². The molecule has 0 atom stereocenters. The van der Waals surface area contributed by atoms with Crippen LogP contribution in [0.1, 0.15) is 6.92 Å². The van der Waals surface area contributed by atoms with Gasteiger partial charge in [-0.05, 0) is 6.92 Å². The van der Waals surface area contributed by atoms with Crippen LogP contribution in [0.2, 0.25) is 0 Å². The first-order valence-corrected chi connectivity index (χ1v) is 1.63. The van der Waals surface area contributed by atoms with E-state index in [-0.39, 0.29) is 62.7 Å². The minimum absolute atomic E-state index is 0. The Bertz CT molecular complexity index is 58.5. The molecule has 0 unspecified atom stereocenters. The standard InChI is InChI=1S/C3H6O3.FH.K/c1-2-6-3(4)5;;/h2H2,1H3,(H,4,5);1H;/q;;+1/p-1. The molecule has 0 bridgehead atoms. The van der Waals surface area contributed by atoms with Crippen molar-refractivity contribution in [2.45, 2.75) is 6.92 Å². The maximum atomic E-state index is 9.38. The van der Waals surface area contributed by atoms with Gasteiger partial charge in [-0.15, -0.1) is 0 Å². The van der Waals surface area contributed by atoms with Crippen LogP contribution < -0.4 is 56.1 Å². The number of halogens is 1. The van der Waals surface area contributed by atoms with Gasteiger partial charge in [0, 0.05) is 0 Å². The number of carbonyl (C=O) groups is 1. The average molecular weight is 148 g/mol. The van der Waals surface area contributed by atoms with E-state index in [0.717, 1.165) is 0 Å². The van der Waals surface area contributed by atoms with Crippen LogP contribution in [0, 0.1) is 0 Å². The largest absolute Gasteiger partial charge is 1.00 e. The van der Waals surface area contributed by atoms with Crippen LogP contribution in [0.15, 0.2) is 0 Å². The quantitative estimate of drug-likeness (QED) is 0.298. The molecule has 0 aromatic rings. The van der Waals surface area contributed by atoms with E-state index in [9.17, 15) is 4.79 Å². The number of hydrogen-bond acceptors (Lipinski definition) is 2. The topological polar surface area (TPSA) is 46.5 Å². The van der Waals surface area contributed by atoms with Gasteiger partial charge in [0.05, 0.1) is 6.61 Å². The monoisotopic (exact) mass is 148 g/mol. The molecule has 44 valence electrons. The van der Waals surface area contributed by atoms with Crippen molar-refractivity contribution in [1.82, 2.24) is 0 Å². The van der Waals surface area contributed by atoms with Gasteiger partial charge in [-0.1, -0.05) is 0 Å². The number of carboxylic acid groups (broad SMARTS) is 1. The first-order chi connectivity index (χ1) is 2.77. The summed E-state index contributed by atoms with van der Waals surface area (Å²) in [5.74, 6) is 0. The first kappa shape index (κ1) is 15.9. The molecule has 0 heterocycles. The van der Waals surface area contributed by atoms with Crippen molar-refractivity contribution in [2.75, 3.05) is 6.61 Å². The van der Waals surface area contributed by atoms with Crippen molar-refractivity contribution in [3.63, 3.8) is 0 Å². The molecule has 3 nitrogen and oxygen atoms in total. The van der Waals surface area contributed by atoms with Gasteiger partial charge in [-0.3, -0.25) is 0 Å². The summed E-state index contributed by atoms with van der Waals surface area (Å²) in [4.78, 5) is 9.38. The smallest absolute Gasteiger partial charge is 1.00 e. The molecule has 0 radical (unpaired) electrons. The molecule has 0 fully saturated rings. The van der Waals surface area contributed by atoms with Crippen LogP contribution in [-0.2, 0) is 4.74 Å². The van der Waals surface area contributed by atoms with Crippen LogP contribution in [-0.4, -0.2) is 17.9 Å². The summed E-state index contributed by atoms with van der Waals surface area (Å²) >= 11 is 0. The Morgan fingerprint density at radius 3 is 2.12 bits per heavy atom. The zero-order chi connectivity index (χ0) is 4.99. The second kappa shape index (κ2) is 10.8. The van der Waals surface area contributed by atoms with Gasteiger partial charge in [0.1, 0.15) is 0 Å². The molecular weight excluding hydrogens is 142 g/mol. The first-order valence-electron chi connectivity index (χ1n) is 1.63. The Morgan fingerprint density at radius 1 is 1.75 bits per heavy atom. The molecule has 5 heteroatoms. The summed E-state index contributed by atoms with van der Waals surface area (Å²) in [5, 5.41) is 7.69. The van der Waals surface area contributed by atoms with E-state index in [1.807, 2.05) is 0 Å². The van der Waals surface area contributed by atoms with E-state index in [4.69, 9.17) is 5.11 Å². The van der Waals surface area contributed by atoms with Crippen molar-refractivity contribution in [3.8, 4) is 0 Å². The van der Waals surface area contributed by atoms with Gasteiger partial charge in [0.15, 0.2) is 0 Å². The third-order valence-electron chi connectivity index (χ3n) is 0.268. The zero-order valence-electron chi connectivity index (χ0n) is 4.85.